The van der Waals surface area contributed by atoms with Gasteiger partial charge < -0.3 is 14.8 Å². The fourth-order valence-corrected chi connectivity index (χ4v) is 4.88. The van der Waals surface area contributed by atoms with Crippen LogP contribution >= 0.6 is 23.2 Å². The van der Waals surface area contributed by atoms with Gasteiger partial charge in [-0.1, -0.05) is 35.3 Å². The van der Waals surface area contributed by atoms with Crippen molar-refractivity contribution in [1.82, 2.24) is 5.32 Å². The van der Waals surface area contributed by atoms with Crippen LogP contribution in [0.25, 0.3) is 0 Å². The summed E-state index contributed by atoms with van der Waals surface area (Å²) < 4.78 is 38.7. The van der Waals surface area contributed by atoms with Crippen molar-refractivity contribution in [3.05, 3.63) is 52.0 Å². The predicted molar refractivity (Wildman–Crippen MR) is 112 cm³/mol. The van der Waals surface area contributed by atoms with E-state index >= 15 is 0 Å². The van der Waals surface area contributed by atoms with Crippen LogP contribution < -0.4 is 14.8 Å². The average molecular weight is 459 g/mol. The number of methoxy groups -OCH3 is 1. The molecule has 0 aromatic heterocycles. The van der Waals surface area contributed by atoms with Crippen molar-refractivity contribution in [1.29, 1.82) is 0 Å². The van der Waals surface area contributed by atoms with E-state index in [0.29, 0.717) is 13.2 Å². The third-order valence-corrected chi connectivity index (χ3v) is 6.84. The predicted octanol–water partition coefficient (Wildman–Crippen LogP) is 3.71. The van der Waals surface area contributed by atoms with Crippen molar-refractivity contribution < 1.29 is 22.7 Å². The zero-order valence-corrected chi connectivity index (χ0v) is 17.9. The van der Waals surface area contributed by atoms with Crippen molar-refractivity contribution in [2.45, 2.75) is 23.8 Å². The molecule has 1 fully saturated rings. The summed E-state index contributed by atoms with van der Waals surface area (Å²) in [6.07, 6.45) is 1.82. The number of hydrogen-bond donors (Lipinski definition) is 2. The fraction of sp³-hybridized carbons (Fsp3) is 0.316. The number of amides is 1. The molecule has 1 heterocycles. The summed E-state index contributed by atoms with van der Waals surface area (Å²) >= 11 is 12.2. The van der Waals surface area contributed by atoms with Crippen LogP contribution in [0.15, 0.2) is 41.3 Å². The number of carbonyl (C=O) groups excluding carboxylic acids is 1. The molecule has 1 saturated heterocycles. The van der Waals surface area contributed by atoms with E-state index in [0.717, 1.165) is 12.8 Å². The Bertz CT molecular complexity index is 1010. The Hall–Kier alpha value is -2.00. The molecule has 2 aromatic carbocycles. The molecule has 1 atom stereocenters. The molecule has 1 aliphatic heterocycles. The van der Waals surface area contributed by atoms with Crippen molar-refractivity contribution in [2.24, 2.45) is 0 Å². The summed E-state index contributed by atoms with van der Waals surface area (Å²) in [5, 5.41) is 2.60. The maximum Gasteiger partial charge on any atom is 0.263 e. The Morgan fingerprint density at radius 2 is 1.97 bits per heavy atom. The topological polar surface area (TPSA) is 93.7 Å². The molecule has 0 radical (unpaired) electrons. The van der Waals surface area contributed by atoms with Crippen molar-refractivity contribution >= 4 is 44.8 Å². The van der Waals surface area contributed by atoms with E-state index in [4.69, 9.17) is 32.7 Å². The number of carbonyl (C=O) groups is 1. The second-order valence-corrected chi connectivity index (χ2v) is 8.80. The standard InChI is InChI=1S/C19H20Cl2N2O5S/c1-27-15-8-9-16(18(21)17(15)20)29(25,26)23-14-7-3-2-6-13(14)19(24)22-11-12-5-4-10-28-12/h2-3,6-9,12,23H,4-5,10-11H2,1H3,(H,22,24)/t12-/m1/s1. The summed E-state index contributed by atoms with van der Waals surface area (Å²) in [6.45, 7) is 1.04. The minimum absolute atomic E-state index is 0.0142. The summed E-state index contributed by atoms with van der Waals surface area (Å²) in [7, 11) is -2.71. The summed E-state index contributed by atoms with van der Waals surface area (Å²) in [6, 6.07) is 8.99. The second-order valence-electron chi connectivity index (χ2n) is 6.39. The van der Waals surface area contributed by atoms with Gasteiger partial charge in [0.2, 0.25) is 0 Å². The Kier molecular flexibility index (Phi) is 6.89. The van der Waals surface area contributed by atoms with Crippen molar-refractivity contribution in [3.8, 4) is 5.75 Å². The van der Waals surface area contributed by atoms with E-state index < -0.39 is 15.9 Å². The fourth-order valence-electron chi connectivity index (χ4n) is 2.96. The second kappa shape index (κ2) is 9.21. The van der Waals surface area contributed by atoms with Crippen LogP contribution in [0.5, 0.6) is 5.75 Å². The Balaban J connectivity index is 1.83. The average Bonchev–Trinajstić information content (AvgIpc) is 3.21. The van der Waals surface area contributed by atoms with Gasteiger partial charge in [-0.2, -0.15) is 0 Å². The van der Waals surface area contributed by atoms with Crippen molar-refractivity contribution in [2.75, 3.05) is 25.0 Å². The lowest BCUT2D eigenvalue weighted by Gasteiger charge is -2.15. The van der Waals surface area contributed by atoms with Crippen LogP contribution in [-0.4, -0.2) is 40.7 Å². The summed E-state index contributed by atoms with van der Waals surface area (Å²) in [5.41, 5.74) is 0.310. The lowest BCUT2D eigenvalue weighted by atomic mass is 10.1. The number of rotatable bonds is 7. The van der Waals surface area contributed by atoms with Gasteiger partial charge >= 0.3 is 0 Å². The molecule has 0 unspecified atom stereocenters. The van der Waals surface area contributed by atoms with E-state index in [9.17, 15) is 13.2 Å². The molecule has 0 bridgehead atoms. The third-order valence-electron chi connectivity index (χ3n) is 4.45. The molecule has 1 amide bonds. The van der Waals surface area contributed by atoms with E-state index in [1.807, 2.05) is 0 Å². The number of para-hydroxylation sites is 1. The molecule has 7 nitrogen and oxygen atoms in total. The van der Waals surface area contributed by atoms with Crippen LogP contribution in [0, 0.1) is 0 Å². The number of benzene rings is 2. The van der Waals surface area contributed by atoms with Crippen LogP contribution in [-0.2, 0) is 14.8 Å². The largest absolute Gasteiger partial charge is 0.495 e. The Morgan fingerprint density at radius 3 is 2.66 bits per heavy atom. The van der Waals surface area contributed by atoms with Crippen LogP contribution in [0.4, 0.5) is 5.69 Å². The van der Waals surface area contributed by atoms with E-state index in [1.54, 1.807) is 12.1 Å². The van der Waals surface area contributed by atoms with E-state index in [2.05, 4.69) is 10.0 Å². The first kappa shape index (κ1) is 21.7. The molecular weight excluding hydrogens is 439 g/mol. The smallest absolute Gasteiger partial charge is 0.263 e. The normalized spacial score (nSPS) is 16.4. The molecular formula is C19H20Cl2N2O5S. The first-order valence-corrected chi connectivity index (χ1v) is 11.1. The molecule has 2 N–H and O–H groups in total. The molecule has 10 heteroatoms. The van der Waals surface area contributed by atoms with Gasteiger partial charge in [0.05, 0.1) is 29.5 Å². The first-order valence-electron chi connectivity index (χ1n) is 8.87. The van der Waals surface area contributed by atoms with Gasteiger partial charge in [0.25, 0.3) is 15.9 Å². The maximum atomic E-state index is 12.9. The van der Waals surface area contributed by atoms with Gasteiger partial charge in [0.1, 0.15) is 15.7 Å². The van der Waals surface area contributed by atoms with Gasteiger partial charge in [0.15, 0.2) is 0 Å². The molecule has 1 aliphatic rings. The van der Waals surface area contributed by atoms with E-state index in [-0.39, 0.29) is 38.0 Å². The zero-order chi connectivity index (χ0) is 21.0. The van der Waals surface area contributed by atoms with Gasteiger partial charge in [-0.05, 0) is 37.1 Å². The molecule has 156 valence electrons. The molecule has 29 heavy (non-hydrogen) atoms. The highest BCUT2D eigenvalue weighted by molar-refractivity contribution is 7.92. The molecule has 2 aromatic rings. The summed E-state index contributed by atoms with van der Waals surface area (Å²) in [5.74, 6) is -0.151. The number of sulfonamides is 1. The molecule has 3 rings (SSSR count). The zero-order valence-electron chi connectivity index (χ0n) is 15.6. The van der Waals surface area contributed by atoms with Gasteiger partial charge in [-0.25, -0.2) is 8.42 Å². The van der Waals surface area contributed by atoms with Crippen molar-refractivity contribution in [3.63, 3.8) is 0 Å². The lowest BCUT2D eigenvalue weighted by Crippen LogP contribution is -2.32. The molecule has 0 spiro atoms. The van der Waals surface area contributed by atoms with Crippen LogP contribution in [0.2, 0.25) is 10.0 Å². The maximum absolute atomic E-state index is 12.9. The molecule has 0 aliphatic carbocycles. The number of halogens is 2. The highest BCUT2D eigenvalue weighted by Gasteiger charge is 2.24. The Morgan fingerprint density at radius 1 is 1.21 bits per heavy atom. The first-order chi connectivity index (χ1) is 13.8. The quantitative estimate of drug-likeness (QED) is 0.659. The minimum atomic E-state index is -4.10. The number of anilines is 1. The van der Waals surface area contributed by atoms with Crippen LogP contribution in [0.3, 0.4) is 0 Å². The minimum Gasteiger partial charge on any atom is -0.495 e. The number of hydrogen-bond acceptors (Lipinski definition) is 5. The number of ether oxygens (including phenoxy) is 2. The highest BCUT2D eigenvalue weighted by atomic mass is 35.5. The molecule has 0 saturated carbocycles. The Labute approximate surface area is 179 Å². The lowest BCUT2D eigenvalue weighted by molar-refractivity contribution is 0.0858. The van der Waals surface area contributed by atoms with Gasteiger partial charge in [-0.3, -0.25) is 9.52 Å². The van der Waals surface area contributed by atoms with Crippen LogP contribution in [0.1, 0.15) is 23.2 Å². The third kappa shape index (κ3) is 4.95. The summed E-state index contributed by atoms with van der Waals surface area (Å²) in [4.78, 5) is 12.4. The SMILES string of the molecule is COc1ccc(S(=O)(=O)Nc2ccccc2C(=O)NC[C@H]2CCCO2)c(Cl)c1Cl. The monoisotopic (exact) mass is 458 g/mol. The van der Waals surface area contributed by atoms with E-state index in [1.165, 1.54) is 31.4 Å². The van der Waals surface area contributed by atoms with Gasteiger partial charge in [0, 0.05) is 13.2 Å². The number of nitrogens with one attached hydrogen (secondary N) is 2. The van der Waals surface area contributed by atoms with Gasteiger partial charge in [-0.15, -0.1) is 0 Å². The highest BCUT2D eigenvalue weighted by Crippen LogP contribution is 2.37.